The highest BCUT2D eigenvalue weighted by molar-refractivity contribution is 7.13. The average molecular weight is 300 g/mol. The molecule has 4 heteroatoms. The van der Waals surface area contributed by atoms with Crippen LogP contribution in [0.2, 0.25) is 0 Å². The normalized spacial score (nSPS) is 17.0. The highest BCUT2D eigenvalue weighted by Gasteiger charge is 2.35. The summed E-state index contributed by atoms with van der Waals surface area (Å²) in [4.78, 5) is 15.7. The maximum absolute atomic E-state index is 12.6. The van der Waals surface area contributed by atoms with Crippen molar-refractivity contribution < 1.29 is 4.79 Å². The standard InChI is InChI=1S/C17H20N2OS/c1-17(2)10-6-11-19(17)16(20)18-14-8-4-3-7-13(14)15-9-5-12-21-15/h3-5,7-9,12H,6,10-11H2,1-2H3,(H,18,20). The van der Waals surface area contributed by atoms with E-state index in [4.69, 9.17) is 0 Å². The number of hydrogen-bond donors (Lipinski definition) is 1. The predicted molar refractivity (Wildman–Crippen MR) is 88.8 cm³/mol. The minimum absolute atomic E-state index is 0.00139. The van der Waals surface area contributed by atoms with E-state index in [1.807, 2.05) is 29.2 Å². The van der Waals surface area contributed by atoms with E-state index in [1.165, 1.54) is 4.88 Å². The fraction of sp³-hybridized carbons (Fsp3) is 0.353. The number of hydrogen-bond acceptors (Lipinski definition) is 2. The van der Waals surface area contributed by atoms with Crippen LogP contribution >= 0.6 is 11.3 Å². The van der Waals surface area contributed by atoms with Crippen molar-refractivity contribution in [2.45, 2.75) is 32.2 Å². The number of para-hydroxylation sites is 1. The van der Waals surface area contributed by atoms with Crippen molar-refractivity contribution in [3.63, 3.8) is 0 Å². The Labute approximate surface area is 129 Å². The van der Waals surface area contributed by atoms with Gasteiger partial charge in [-0.3, -0.25) is 0 Å². The maximum Gasteiger partial charge on any atom is 0.322 e. The van der Waals surface area contributed by atoms with Gasteiger partial charge in [-0.15, -0.1) is 11.3 Å². The summed E-state index contributed by atoms with van der Waals surface area (Å²) in [5.74, 6) is 0. The number of amides is 2. The second kappa shape index (κ2) is 5.53. The quantitative estimate of drug-likeness (QED) is 0.847. The average Bonchev–Trinajstić information content (AvgIpc) is 3.08. The van der Waals surface area contributed by atoms with E-state index in [0.717, 1.165) is 30.6 Å². The molecule has 0 saturated carbocycles. The van der Waals surface area contributed by atoms with Gasteiger partial charge >= 0.3 is 6.03 Å². The first-order valence-electron chi connectivity index (χ1n) is 7.29. The second-order valence-electron chi connectivity index (χ2n) is 6.02. The summed E-state index contributed by atoms with van der Waals surface area (Å²) in [5, 5.41) is 5.14. The van der Waals surface area contributed by atoms with Crippen molar-refractivity contribution in [2.24, 2.45) is 0 Å². The van der Waals surface area contributed by atoms with Crippen LogP contribution in [0.25, 0.3) is 10.4 Å². The number of urea groups is 1. The van der Waals surface area contributed by atoms with E-state index in [0.29, 0.717) is 0 Å². The third kappa shape index (κ3) is 2.81. The highest BCUT2D eigenvalue weighted by Crippen LogP contribution is 2.33. The molecule has 2 heterocycles. The van der Waals surface area contributed by atoms with Gasteiger partial charge in [-0.1, -0.05) is 24.3 Å². The van der Waals surface area contributed by atoms with E-state index in [1.54, 1.807) is 11.3 Å². The van der Waals surface area contributed by atoms with Gasteiger partial charge in [0.05, 0.1) is 5.69 Å². The molecule has 0 radical (unpaired) electrons. The number of benzene rings is 1. The molecule has 0 unspecified atom stereocenters. The van der Waals surface area contributed by atoms with E-state index in [-0.39, 0.29) is 11.6 Å². The molecule has 3 rings (SSSR count). The third-order valence-corrected chi connectivity index (χ3v) is 5.00. The molecule has 110 valence electrons. The Hall–Kier alpha value is -1.81. The smallest absolute Gasteiger partial charge is 0.319 e. The second-order valence-corrected chi connectivity index (χ2v) is 6.97. The van der Waals surface area contributed by atoms with Crippen LogP contribution in [0, 0.1) is 0 Å². The van der Waals surface area contributed by atoms with Crippen molar-refractivity contribution in [3.8, 4) is 10.4 Å². The molecule has 1 saturated heterocycles. The van der Waals surface area contributed by atoms with Crippen LogP contribution in [0.3, 0.4) is 0 Å². The Bertz CT molecular complexity index is 634. The van der Waals surface area contributed by atoms with Crippen LogP contribution in [0.5, 0.6) is 0 Å². The lowest BCUT2D eigenvalue weighted by atomic mass is 10.0. The van der Waals surface area contributed by atoms with Crippen molar-refractivity contribution in [1.82, 2.24) is 4.90 Å². The Morgan fingerprint density at radius 2 is 2.05 bits per heavy atom. The fourth-order valence-corrected chi connectivity index (χ4v) is 3.67. The summed E-state index contributed by atoms with van der Waals surface area (Å²) >= 11 is 1.68. The molecule has 0 aliphatic carbocycles. The molecule has 1 aromatic carbocycles. The van der Waals surface area contributed by atoms with Gasteiger partial charge in [-0.05, 0) is 44.2 Å². The summed E-state index contributed by atoms with van der Waals surface area (Å²) in [6.45, 7) is 5.09. The topological polar surface area (TPSA) is 32.3 Å². The SMILES string of the molecule is CC1(C)CCCN1C(=O)Nc1ccccc1-c1cccs1. The lowest BCUT2D eigenvalue weighted by Crippen LogP contribution is -2.45. The van der Waals surface area contributed by atoms with Crippen LogP contribution in [-0.2, 0) is 0 Å². The van der Waals surface area contributed by atoms with E-state index < -0.39 is 0 Å². The van der Waals surface area contributed by atoms with E-state index >= 15 is 0 Å². The molecule has 1 aliphatic heterocycles. The predicted octanol–water partition coefficient (Wildman–Crippen LogP) is 4.82. The minimum atomic E-state index is -0.0536. The van der Waals surface area contributed by atoms with Crippen molar-refractivity contribution >= 4 is 23.1 Å². The molecular formula is C17H20N2OS. The number of nitrogens with zero attached hydrogens (tertiary/aromatic N) is 1. The van der Waals surface area contributed by atoms with Crippen LogP contribution in [0.1, 0.15) is 26.7 Å². The van der Waals surface area contributed by atoms with Crippen LogP contribution in [-0.4, -0.2) is 23.0 Å². The molecule has 0 spiro atoms. The summed E-state index contributed by atoms with van der Waals surface area (Å²) in [7, 11) is 0. The van der Waals surface area contributed by atoms with Crippen molar-refractivity contribution in [1.29, 1.82) is 0 Å². The highest BCUT2D eigenvalue weighted by atomic mass is 32.1. The lowest BCUT2D eigenvalue weighted by Gasteiger charge is -2.31. The van der Waals surface area contributed by atoms with Crippen LogP contribution in [0.15, 0.2) is 41.8 Å². The Morgan fingerprint density at radius 1 is 1.24 bits per heavy atom. The van der Waals surface area contributed by atoms with Crippen molar-refractivity contribution in [2.75, 3.05) is 11.9 Å². The molecule has 21 heavy (non-hydrogen) atoms. The van der Waals surface area contributed by atoms with Gasteiger partial charge in [0.2, 0.25) is 0 Å². The number of anilines is 1. The largest absolute Gasteiger partial charge is 0.322 e. The minimum Gasteiger partial charge on any atom is -0.319 e. The summed E-state index contributed by atoms with van der Waals surface area (Å²) in [6.07, 6.45) is 2.14. The molecule has 0 atom stereocenters. The number of rotatable bonds is 2. The zero-order valence-electron chi connectivity index (χ0n) is 12.4. The van der Waals surface area contributed by atoms with E-state index in [2.05, 4.69) is 36.7 Å². The van der Waals surface area contributed by atoms with Gasteiger partial charge in [-0.25, -0.2) is 4.79 Å². The van der Waals surface area contributed by atoms with Crippen LogP contribution in [0.4, 0.5) is 10.5 Å². The van der Waals surface area contributed by atoms with E-state index in [9.17, 15) is 4.79 Å². The number of nitrogens with one attached hydrogen (secondary N) is 1. The lowest BCUT2D eigenvalue weighted by molar-refractivity contribution is 0.178. The van der Waals surface area contributed by atoms with Gasteiger partial charge in [0.1, 0.15) is 0 Å². The van der Waals surface area contributed by atoms with Gasteiger partial charge in [0.25, 0.3) is 0 Å². The monoisotopic (exact) mass is 300 g/mol. The number of carbonyl (C=O) groups excluding carboxylic acids is 1. The molecule has 3 nitrogen and oxygen atoms in total. The molecule has 2 amide bonds. The van der Waals surface area contributed by atoms with Gasteiger partial charge in [0, 0.05) is 22.5 Å². The summed E-state index contributed by atoms with van der Waals surface area (Å²) in [5.41, 5.74) is 1.91. The summed E-state index contributed by atoms with van der Waals surface area (Å²) < 4.78 is 0. The number of carbonyl (C=O) groups is 1. The zero-order valence-corrected chi connectivity index (χ0v) is 13.2. The van der Waals surface area contributed by atoms with Crippen LogP contribution < -0.4 is 5.32 Å². The van der Waals surface area contributed by atoms with Gasteiger partial charge in [0.15, 0.2) is 0 Å². The number of likely N-dealkylation sites (tertiary alicyclic amines) is 1. The van der Waals surface area contributed by atoms with Gasteiger partial charge in [-0.2, -0.15) is 0 Å². The molecule has 2 aromatic rings. The Kier molecular flexibility index (Phi) is 3.72. The van der Waals surface area contributed by atoms with Gasteiger partial charge < -0.3 is 10.2 Å². The first-order chi connectivity index (χ1) is 10.1. The number of thiophene rings is 1. The molecule has 1 N–H and O–H groups in total. The first kappa shape index (κ1) is 14.1. The summed E-state index contributed by atoms with van der Waals surface area (Å²) in [6, 6.07) is 12.1. The Balaban J connectivity index is 1.84. The molecule has 0 bridgehead atoms. The first-order valence-corrected chi connectivity index (χ1v) is 8.17. The molecule has 1 aromatic heterocycles. The molecule has 1 fully saturated rings. The molecule has 1 aliphatic rings. The zero-order chi connectivity index (χ0) is 14.9. The fourth-order valence-electron chi connectivity index (χ4n) is 2.91. The van der Waals surface area contributed by atoms with Crippen molar-refractivity contribution in [3.05, 3.63) is 41.8 Å². The maximum atomic E-state index is 12.6. The third-order valence-electron chi connectivity index (χ3n) is 4.10. The molecular weight excluding hydrogens is 280 g/mol. The Morgan fingerprint density at radius 3 is 2.71 bits per heavy atom.